The number of anilines is 1. The van der Waals surface area contributed by atoms with Gasteiger partial charge in [0.05, 0.1) is 5.69 Å². The minimum absolute atomic E-state index is 0.693. The second-order valence-electron chi connectivity index (χ2n) is 5.36. The molecule has 108 valence electrons. The maximum Gasteiger partial charge on any atom is 0.185 e. The summed E-state index contributed by atoms with van der Waals surface area (Å²) in [6.07, 6.45) is 5.99. The molecule has 0 amide bonds. The summed E-state index contributed by atoms with van der Waals surface area (Å²) in [6.45, 7) is 3.76. The van der Waals surface area contributed by atoms with Crippen LogP contribution in [0.2, 0.25) is 0 Å². The highest BCUT2D eigenvalue weighted by molar-refractivity contribution is 7.13. The van der Waals surface area contributed by atoms with Gasteiger partial charge in [-0.3, -0.25) is 0 Å². The zero-order chi connectivity index (χ0) is 14.2. The normalized spacial score (nSPS) is 18.4. The van der Waals surface area contributed by atoms with E-state index in [0.29, 0.717) is 12.8 Å². The molecular formula is C14H20N4OS. The molecule has 20 heavy (non-hydrogen) atoms. The fourth-order valence-corrected chi connectivity index (χ4v) is 3.67. The Bertz CT molecular complexity index is 584. The number of hydrogen-bond acceptors (Lipinski definition) is 5. The highest BCUT2D eigenvalue weighted by atomic mass is 32.1. The minimum Gasteiger partial charge on any atom is -0.382 e. The van der Waals surface area contributed by atoms with Gasteiger partial charge in [0.15, 0.2) is 5.13 Å². The van der Waals surface area contributed by atoms with E-state index in [1.54, 1.807) is 17.5 Å². The molecule has 0 atom stereocenters. The second-order valence-corrected chi connectivity index (χ2v) is 6.19. The summed E-state index contributed by atoms with van der Waals surface area (Å²) >= 11 is 1.69. The number of piperidine rings is 1. The van der Waals surface area contributed by atoms with E-state index in [4.69, 9.17) is 0 Å². The van der Waals surface area contributed by atoms with Gasteiger partial charge in [0, 0.05) is 50.8 Å². The predicted molar refractivity (Wildman–Crippen MR) is 80.0 cm³/mol. The highest BCUT2D eigenvalue weighted by Gasteiger charge is 2.37. The first kappa shape index (κ1) is 13.6. The van der Waals surface area contributed by atoms with Crippen molar-refractivity contribution < 1.29 is 5.11 Å². The number of imidazole rings is 1. The molecule has 3 heterocycles. The van der Waals surface area contributed by atoms with Gasteiger partial charge in [0.2, 0.25) is 0 Å². The fraction of sp³-hybridized carbons (Fsp3) is 0.571. The number of nitrogens with zero attached hydrogens (tertiary/aromatic N) is 4. The van der Waals surface area contributed by atoms with Gasteiger partial charge in [-0.15, -0.1) is 11.3 Å². The number of aryl methyl sites for hydroxylation is 2. The Kier molecular flexibility index (Phi) is 3.52. The Hall–Kier alpha value is -1.40. The van der Waals surface area contributed by atoms with E-state index in [9.17, 15) is 5.11 Å². The van der Waals surface area contributed by atoms with Gasteiger partial charge in [-0.2, -0.15) is 0 Å². The van der Waals surface area contributed by atoms with Gasteiger partial charge < -0.3 is 14.6 Å². The van der Waals surface area contributed by atoms with Crippen LogP contribution in [0.4, 0.5) is 5.13 Å². The molecule has 6 heteroatoms. The average molecular weight is 292 g/mol. The lowest BCUT2D eigenvalue weighted by atomic mass is 9.90. The first-order valence-electron chi connectivity index (χ1n) is 7.02. The van der Waals surface area contributed by atoms with Crippen molar-refractivity contribution in [3.8, 4) is 0 Å². The Morgan fingerprint density at radius 3 is 2.70 bits per heavy atom. The maximum absolute atomic E-state index is 10.8. The van der Waals surface area contributed by atoms with Crippen molar-refractivity contribution in [2.24, 2.45) is 7.05 Å². The third kappa shape index (κ3) is 2.33. The van der Waals surface area contributed by atoms with E-state index in [1.807, 2.05) is 17.8 Å². The summed E-state index contributed by atoms with van der Waals surface area (Å²) in [6, 6.07) is 0. The smallest absolute Gasteiger partial charge is 0.185 e. The number of aliphatic hydroxyl groups is 1. The molecule has 0 saturated carbocycles. The zero-order valence-electron chi connectivity index (χ0n) is 11.9. The topological polar surface area (TPSA) is 54.2 Å². The molecule has 0 radical (unpaired) electrons. The molecule has 0 unspecified atom stereocenters. The highest BCUT2D eigenvalue weighted by Crippen LogP contribution is 2.34. The minimum atomic E-state index is -0.806. The summed E-state index contributed by atoms with van der Waals surface area (Å²) in [5.41, 5.74) is 0.342. The van der Waals surface area contributed by atoms with Gasteiger partial charge in [0.1, 0.15) is 11.4 Å². The van der Waals surface area contributed by atoms with Crippen molar-refractivity contribution in [1.82, 2.24) is 14.5 Å². The van der Waals surface area contributed by atoms with Crippen molar-refractivity contribution in [3.05, 3.63) is 29.3 Å². The van der Waals surface area contributed by atoms with Crippen LogP contribution in [0, 0.1) is 0 Å². The Balaban J connectivity index is 1.72. The van der Waals surface area contributed by atoms with Crippen molar-refractivity contribution in [2.45, 2.75) is 31.8 Å². The third-order valence-electron chi connectivity index (χ3n) is 4.00. The molecule has 0 spiro atoms. The van der Waals surface area contributed by atoms with Crippen molar-refractivity contribution in [2.75, 3.05) is 18.0 Å². The second kappa shape index (κ2) is 5.18. The third-order valence-corrected chi connectivity index (χ3v) is 4.95. The van der Waals surface area contributed by atoms with Crippen molar-refractivity contribution in [1.29, 1.82) is 0 Å². The van der Waals surface area contributed by atoms with E-state index in [0.717, 1.165) is 36.2 Å². The van der Waals surface area contributed by atoms with Crippen LogP contribution < -0.4 is 4.90 Å². The van der Waals surface area contributed by atoms with Crippen LogP contribution in [0.3, 0.4) is 0 Å². The number of rotatable bonds is 3. The van der Waals surface area contributed by atoms with E-state index in [-0.39, 0.29) is 0 Å². The molecule has 0 aliphatic carbocycles. The molecule has 1 N–H and O–H groups in total. The average Bonchev–Trinajstić information content (AvgIpc) is 3.08. The summed E-state index contributed by atoms with van der Waals surface area (Å²) in [5.74, 6) is 0.769. The summed E-state index contributed by atoms with van der Waals surface area (Å²) in [7, 11) is 1.93. The van der Waals surface area contributed by atoms with Crippen LogP contribution in [0.15, 0.2) is 17.8 Å². The quantitative estimate of drug-likeness (QED) is 0.939. The molecule has 1 saturated heterocycles. The van der Waals surface area contributed by atoms with E-state index in [1.165, 1.54) is 0 Å². The lowest BCUT2D eigenvalue weighted by Crippen LogP contribution is -2.44. The van der Waals surface area contributed by atoms with Crippen LogP contribution in [0.1, 0.15) is 31.3 Å². The van der Waals surface area contributed by atoms with E-state index >= 15 is 0 Å². The molecule has 2 aromatic heterocycles. The van der Waals surface area contributed by atoms with Crippen molar-refractivity contribution >= 4 is 16.5 Å². The lowest BCUT2D eigenvalue weighted by Gasteiger charge is -2.37. The maximum atomic E-state index is 10.8. The van der Waals surface area contributed by atoms with Gasteiger partial charge >= 0.3 is 0 Å². The Morgan fingerprint density at radius 2 is 2.15 bits per heavy atom. The fourth-order valence-electron chi connectivity index (χ4n) is 2.71. The first-order valence-corrected chi connectivity index (χ1v) is 7.90. The van der Waals surface area contributed by atoms with Crippen LogP contribution in [0.25, 0.3) is 0 Å². The summed E-state index contributed by atoms with van der Waals surface area (Å²) in [5, 5.41) is 14.0. The lowest BCUT2D eigenvalue weighted by molar-refractivity contribution is 0.000778. The molecule has 5 nitrogen and oxygen atoms in total. The van der Waals surface area contributed by atoms with Gasteiger partial charge in [-0.1, -0.05) is 6.92 Å². The predicted octanol–water partition coefficient (Wildman–Crippen LogP) is 1.93. The zero-order valence-corrected chi connectivity index (χ0v) is 12.7. The molecule has 0 aromatic carbocycles. The molecule has 0 bridgehead atoms. The van der Waals surface area contributed by atoms with E-state index in [2.05, 4.69) is 27.2 Å². The summed E-state index contributed by atoms with van der Waals surface area (Å²) in [4.78, 5) is 11.2. The van der Waals surface area contributed by atoms with Crippen LogP contribution in [-0.4, -0.2) is 32.7 Å². The molecular weight excluding hydrogens is 272 g/mol. The number of thiazole rings is 1. The van der Waals surface area contributed by atoms with Crippen LogP contribution in [-0.2, 0) is 19.1 Å². The first-order chi connectivity index (χ1) is 9.62. The SMILES string of the molecule is CCc1csc(N2CCC(O)(c3nccn3C)CC2)n1. The Labute approximate surface area is 122 Å². The number of hydrogen-bond donors (Lipinski definition) is 1. The van der Waals surface area contributed by atoms with Crippen LogP contribution in [0.5, 0.6) is 0 Å². The standard InChI is InChI=1S/C14H20N4OS/c1-3-11-10-20-13(16-11)18-7-4-14(19,5-8-18)12-15-6-9-17(12)2/h6,9-10,19H,3-5,7-8H2,1-2H3. The van der Waals surface area contributed by atoms with Gasteiger partial charge in [-0.25, -0.2) is 9.97 Å². The van der Waals surface area contributed by atoms with Crippen LogP contribution >= 0.6 is 11.3 Å². The summed E-state index contributed by atoms with van der Waals surface area (Å²) < 4.78 is 1.91. The van der Waals surface area contributed by atoms with Crippen molar-refractivity contribution in [3.63, 3.8) is 0 Å². The van der Waals surface area contributed by atoms with E-state index < -0.39 is 5.60 Å². The molecule has 1 fully saturated rings. The monoisotopic (exact) mass is 292 g/mol. The Morgan fingerprint density at radius 1 is 1.40 bits per heavy atom. The van der Waals surface area contributed by atoms with Gasteiger partial charge in [0.25, 0.3) is 0 Å². The molecule has 1 aliphatic heterocycles. The van der Waals surface area contributed by atoms with Gasteiger partial charge in [-0.05, 0) is 6.42 Å². The largest absolute Gasteiger partial charge is 0.382 e. The molecule has 1 aliphatic rings. The molecule has 3 rings (SSSR count). The number of aromatic nitrogens is 3. The molecule has 2 aromatic rings.